The van der Waals surface area contributed by atoms with E-state index in [1.165, 1.54) is 11.1 Å². The van der Waals surface area contributed by atoms with Gasteiger partial charge in [-0.25, -0.2) is 4.79 Å². The van der Waals surface area contributed by atoms with Crippen LogP contribution in [0, 0.1) is 13.8 Å². The molecule has 5 nitrogen and oxygen atoms in total. The third-order valence-electron chi connectivity index (χ3n) is 4.05. The SMILES string of the molecule is Cc1cc(OCC(=O)O)ccc1NC(=O)CC(C)c1ccccc1C. The van der Waals surface area contributed by atoms with Crippen molar-refractivity contribution < 1.29 is 19.4 Å². The number of amides is 1. The Labute approximate surface area is 147 Å². The van der Waals surface area contributed by atoms with Gasteiger partial charge in [-0.15, -0.1) is 0 Å². The number of anilines is 1. The van der Waals surface area contributed by atoms with Crippen LogP contribution in [-0.4, -0.2) is 23.6 Å². The molecule has 132 valence electrons. The van der Waals surface area contributed by atoms with E-state index in [-0.39, 0.29) is 18.4 Å². The fraction of sp³-hybridized carbons (Fsp3) is 0.300. The van der Waals surface area contributed by atoms with Crippen molar-refractivity contribution in [3.63, 3.8) is 0 Å². The van der Waals surface area contributed by atoms with Crippen LogP contribution in [0.5, 0.6) is 5.75 Å². The number of aliphatic carboxylic acids is 1. The van der Waals surface area contributed by atoms with Gasteiger partial charge in [-0.1, -0.05) is 31.2 Å². The molecule has 1 atom stereocenters. The molecular weight excluding hydrogens is 318 g/mol. The van der Waals surface area contributed by atoms with Gasteiger partial charge in [0.05, 0.1) is 0 Å². The van der Waals surface area contributed by atoms with E-state index < -0.39 is 5.97 Å². The van der Waals surface area contributed by atoms with Crippen molar-refractivity contribution in [1.29, 1.82) is 0 Å². The molecular formula is C20H23NO4. The highest BCUT2D eigenvalue weighted by atomic mass is 16.5. The minimum Gasteiger partial charge on any atom is -0.482 e. The molecule has 0 aromatic heterocycles. The second-order valence-electron chi connectivity index (χ2n) is 6.17. The monoisotopic (exact) mass is 341 g/mol. The number of ether oxygens (including phenoxy) is 1. The van der Waals surface area contributed by atoms with Crippen LogP contribution in [-0.2, 0) is 9.59 Å². The minimum absolute atomic E-state index is 0.0574. The lowest BCUT2D eigenvalue weighted by Crippen LogP contribution is -2.15. The highest BCUT2D eigenvalue weighted by Gasteiger charge is 2.14. The summed E-state index contributed by atoms with van der Waals surface area (Å²) < 4.78 is 5.13. The van der Waals surface area contributed by atoms with E-state index in [4.69, 9.17) is 9.84 Å². The summed E-state index contributed by atoms with van der Waals surface area (Å²) in [4.78, 5) is 22.9. The lowest BCUT2D eigenvalue weighted by molar-refractivity contribution is -0.139. The first-order chi connectivity index (χ1) is 11.9. The molecule has 2 aromatic carbocycles. The van der Waals surface area contributed by atoms with Gasteiger partial charge in [-0.3, -0.25) is 4.79 Å². The number of carboxylic acid groups (broad SMARTS) is 1. The molecule has 0 aliphatic heterocycles. The molecule has 0 fully saturated rings. The van der Waals surface area contributed by atoms with Crippen molar-refractivity contribution >= 4 is 17.6 Å². The van der Waals surface area contributed by atoms with Crippen LogP contribution in [0.3, 0.4) is 0 Å². The maximum Gasteiger partial charge on any atom is 0.341 e. The van der Waals surface area contributed by atoms with E-state index in [1.807, 2.05) is 45.0 Å². The lowest BCUT2D eigenvalue weighted by atomic mass is 9.93. The fourth-order valence-electron chi connectivity index (χ4n) is 2.74. The fourth-order valence-corrected chi connectivity index (χ4v) is 2.74. The van der Waals surface area contributed by atoms with E-state index >= 15 is 0 Å². The summed E-state index contributed by atoms with van der Waals surface area (Å²) in [6.45, 7) is 5.54. The Bertz CT molecular complexity index is 770. The van der Waals surface area contributed by atoms with Crippen LogP contribution in [0.4, 0.5) is 5.69 Å². The number of benzene rings is 2. The van der Waals surface area contributed by atoms with Gasteiger partial charge in [0.15, 0.2) is 6.61 Å². The van der Waals surface area contributed by atoms with Crippen molar-refractivity contribution in [2.24, 2.45) is 0 Å². The summed E-state index contributed by atoms with van der Waals surface area (Å²) in [7, 11) is 0. The van der Waals surface area contributed by atoms with Crippen LogP contribution in [0.2, 0.25) is 0 Å². The number of carboxylic acids is 1. The molecule has 0 saturated carbocycles. The Kier molecular flexibility index (Phi) is 6.17. The number of carbonyl (C=O) groups excluding carboxylic acids is 1. The topological polar surface area (TPSA) is 75.6 Å². The zero-order chi connectivity index (χ0) is 18.4. The van der Waals surface area contributed by atoms with E-state index in [2.05, 4.69) is 5.32 Å². The Morgan fingerprint density at radius 2 is 1.84 bits per heavy atom. The zero-order valence-corrected chi connectivity index (χ0v) is 14.7. The van der Waals surface area contributed by atoms with E-state index in [1.54, 1.807) is 18.2 Å². The summed E-state index contributed by atoms with van der Waals surface area (Å²) in [6, 6.07) is 13.2. The van der Waals surface area contributed by atoms with Crippen LogP contribution < -0.4 is 10.1 Å². The van der Waals surface area contributed by atoms with Crippen LogP contribution >= 0.6 is 0 Å². The van der Waals surface area contributed by atoms with E-state index in [9.17, 15) is 9.59 Å². The molecule has 0 bridgehead atoms. The first kappa shape index (κ1) is 18.5. The van der Waals surface area contributed by atoms with Gasteiger partial charge >= 0.3 is 5.97 Å². The number of aryl methyl sites for hydroxylation is 2. The smallest absolute Gasteiger partial charge is 0.341 e. The summed E-state index contributed by atoms with van der Waals surface area (Å²) in [5, 5.41) is 11.5. The quantitative estimate of drug-likeness (QED) is 0.801. The van der Waals surface area contributed by atoms with Gasteiger partial charge in [0.25, 0.3) is 0 Å². The summed E-state index contributed by atoms with van der Waals surface area (Å²) >= 11 is 0. The second-order valence-corrected chi connectivity index (χ2v) is 6.17. The molecule has 0 aliphatic carbocycles. The number of nitrogens with one attached hydrogen (secondary N) is 1. The maximum absolute atomic E-state index is 12.3. The Hall–Kier alpha value is -2.82. The van der Waals surface area contributed by atoms with Crippen molar-refractivity contribution in [2.75, 3.05) is 11.9 Å². The molecule has 0 heterocycles. The molecule has 0 saturated heterocycles. The number of rotatable bonds is 7. The zero-order valence-electron chi connectivity index (χ0n) is 14.7. The predicted molar refractivity (Wildman–Crippen MR) is 97.2 cm³/mol. The average Bonchev–Trinajstić information content (AvgIpc) is 2.55. The van der Waals surface area contributed by atoms with Gasteiger partial charge in [0.2, 0.25) is 5.91 Å². The molecule has 0 radical (unpaired) electrons. The number of hydrogen-bond acceptors (Lipinski definition) is 3. The van der Waals surface area contributed by atoms with Gasteiger partial charge in [0.1, 0.15) is 5.75 Å². The van der Waals surface area contributed by atoms with Crippen molar-refractivity contribution in [2.45, 2.75) is 33.1 Å². The molecule has 5 heteroatoms. The number of hydrogen-bond donors (Lipinski definition) is 2. The molecule has 25 heavy (non-hydrogen) atoms. The van der Waals surface area contributed by atoms with E-state index in [0.717, 1.165) is 5.56 Å². The van der Waals surface area contributed by atoms with Crippen LogP contribution in [0.1, 0.15) is 36.0 Å². The molecule has 0 aliphatic rings. The van der Waals surface area contributed by atoms with Gasteiger partial charge in [0, 0.05) is 12.1 Å². The van der Waals surface area contributed by atoms with Gasteiger partial charge in [-0.05, 0) is 54.7 Å². The third kappa shape index (κ3) is 5.35. The largest absolute Gasteiger partial charge is 0.482 e. The molecule has 2 rings (SSSR count). The van der Waals surface area contributed by atoms with Crippen LogP contribution in [0.25, 0.3) is 0 Å². The first-order valence-electron chi connectivity index (χ1n) is 8.17. The molecule has 2 aromatic rings. The Morgan fingerprint density at radius 3 is 2.48 bits per heavy atom. The van der Waals surface area contributed by atoms with Crippen molar-refractivity contribution in [1.82, 2.24) is 0 Å². The lowest BCUT2D eigenvalue weighted by Gasteiger charge is -2.15. The van der Waals surface area contributed by atoms with Crippen molar-refractivity contribution in [3.05, 3.63) is 59.2 Å². The average molecular weight is 341 g/mol. The van der Waals surface area contributed by atoms with Gasteiger partial charge < -0.3 is 15.2 Å². The Morgan fingerprint density at radius 1 is 1.12 bits per heavy atom. The molecule has 1 unspecified atom stereocenters. The van der Waals surface area contributed by atoms with Gasteiger partial charge in [-0.2, -0.15) is 0 Å². The highest BCUT2D eigenvalue weighted by molar-refractivity contribution is 5.92. The summed E-state index contributed by atoms with van der Waals surface area (Å²) in [5.74, 6) is -0.496. The molecule has 1 amide bonds. The second kappa shape index (κ2) is 8.33. The third-order valence-corrected chi connectivity index (χ3v) is 4.05. The molecule has 2 N–H and O–H groups in total. The van der Waals surface area contributed by atoms with Crippen molar-refractivity contribution in [3.8, 4) is 5.75 Å². The number of carbonyl (C=O) groups is 2. The Balaban J connectivity index is 1.98. The summed E-state index contributed by atoms with van der Waals surface area (Å²) in [6.07, 6.45) is 0.390. The normalized spacial score (nSPS) is 11.6. The maximum atomic E-state index is 12.3. The van der Waals surface area contributed by atoms with E-state index in [0.29, 0.717) is 17.9 Å². The summed E-state index contributed by atoms with van der Waals surface area (Å²) in [5.41, 5.74) is 3.87. The first-order valence-corrected chi connectivity index (χ1v) is 8.17. The highest BCUT2D eigenvalue weighted by Crippen LogP contribution is 2.25. The molecule has 0 spiro atoms. The van der Waals surface area contributed by atoms with Crippen LogP contribution in [0.15, 0.2) is 42.5 Å². The predicted octanol–water partition coefficient (Wildman–Crippen LogP) is 3.90. The standard InChI is InChI=1S/C20H23NO4/c1-13-6-4-5-7-17(13)14(2)11-19(22)21-18-9-8-16(10-15(18)3)25-12-20(23)24/h4-10,14H,11-12H2,1-3H3,(H,21,22)(H,23,24). The minimum atomic E-state index is -1.03.